The van der Waals surface area contributed by atoms with E-state index in [1.54, 1.807) is 16.8 Å². The average molecular weight is 1000 g/mol. The van der Waals surface area contributed by atoms with Gasteiger partial charge in [-0.1, -0.05) is 48.5 Å². The van der Waals surface area contributed by atoms with Crippen LogP contribution in [-0.2, 0) is 11.3 Å². The van der Waals surface area contributed by atoms with E-state index in [2.05, 4.69) is 0 Å². The predicted molar refractivity (Wildman–Crippen MR) is 196 cm³/mol. The Morgan fingerprint density at radius 2 is 0.754 bits per heavy atom. The van der Waals surface area contributed by atoms with Gasteiger partial charge in [0.25, 0.3) is 5.69 Å². The molecule has 7 rings (SSSR count). The van der Waals surface area contributed by atoms with Crippen LogP contribution in [0.5, 0.6) is 0 Å². The monoisotopic (exact) mass is 1000 g/mol. The van der Waals surface area contributed by atoms with Gasteiger partial charge >= 0.3 is 12.7 Å². The van der Waals surface area contributed by atoms with Gasteiger partial charge < -0.3 is 4.74 Å². The van der Waals surface area contributed by atoms with Gasteiger partial charge in [0.2, 0.25) is 0 Å². The Bertz CT molecular complexity index is 2890. The fourth-order valence-electron chi connectivity index (χ4n) is 7.45. The normalized spacial score (nSPS) is 11.5. The van der Waals surface area contributed by atoms with Crippen LogP contribution >= 0.6 is 0 Å². The summed E-state index contributed by atoms with van der Waals surface area (Å²) in [5.74, 6) is -72.1. The number of carbonyl (C=O) groups is 1. The first-order valence-corrected chi connectivity index (χ1v) is 18.3. The van der Waals surface area contributed by atoms with Crippen LogP contribution in [0.4, 0.5) is 87.8 Å². The van der Waals surface area contributed by atoms with Crippen molar-refractivity contribution in [1.29, 1.82) is 0 Å². The average Bonchev–Trinajstić information content (AvgIpc) is 3.33. The zero-order valence-electron chi connectivity index (χ0n) is 32.9. The number of nitrogens with zero attached hydrogens (tertiary/aromatic N) is 2. The Morgan fingerprint density at radius 1 is 0.449 bits per heavy atom. The number of carbonyl (C=O) groups excluding carboxylic acids is 1. The highest BCUT2D eigenvalue weighted by atomic mass is 19.2. The van der Waals surface area contributed by atoms with Crippen molar-refractivity contribution >= 4 is 44.7 Å². The highest BCUT2D eigenvalue weighted by molar-refractivity contribution is 7.20. The zero-order chi connectivity index (χ0) is 51.3. The molecule has 69 heavy (non-hydrogen) atoms. The highest BCUT2D eigenvalue weighted by Gasteiger charge is 2.52. The van der Waals surface area contributed by atoms with E-state index in [-0.39, 0.29) is 0 Å². The molecule has 1 aromatic heterocycles. The third kappa shape index (κ3) is 8.27. The Morgan fingerprint density at radius 3 is 1.09 bits per heavy atom. The molecule has 0 atom stereocenters. The summed E-state index contributed by atoms with van der Waals surface area (Å²) in [4.78, 5) is 22.2. The Hall–Kier alpha value is -7.74. The van der Waals surface area contributed by atoms with Crippen LogP contribution in [0.1, 0.15) is 16.1 Å². The lowest BCUT2D eigenvalue weighted by Crippen LogP contribution is -2.81. The first-order valence-electron chi connectivity index (χ1n) is 18.3. The van der Waals surface area contributed by atoms with Crippen LogP contribution in [0.25, 0.3) is 10.8 Å². The van der Waals surface area contributed by atoms with Gasteiger partial charge in [0, 0.05) is 11.6 Å². The summed E-state index contributed by atoms with van der Waals surface area (Å²) in [5.41, 5.74) is -13.0. The van der Waals surface area contributed by atoms with E-state index in [0.29, 0.717) is 17.6 Å². The first kappa shape index (κ1) is 50.7. The predicted octanol–water partition coefficient (Wildman–Crippen LogP) is 8.41. The lowest BCUT2D eigenvalue weighted by atomic mass is 9.12. The fourth-order valence-corrected chi connectivity index (χ4v) is 7.45. The molecule has 6 aromatic carbocycles. The minimum atomic E-state index is -7.22. The molecular weight excluding hydrogens is 987 g/mol. The van der Waals surface area contributed by atoms with Gasteiger partial charge in [-0.2, -0.15) is 4.57 Å². The quantitative estimate of drug-likeness (QED) is 0.0168. The molecule has 0 amide bonds. The number of rotatable bonds is 9. The maximum Gasteiger partial charge on any atom is 0.409 e. The Balaban J connectivity index is 0.000000273. The summed E-state index contributed by atoms with van der Waals surface area (Å²) < 4.78 is 301. The molecule has 0 radical (unpaired) electrons. The van der Waals surface area contributed by atoms with E-state index in [1.165, 1.54) is 0 Å². The zero-order valence-corrected chi connectivity index (χ0v) is 32.9. The van der Waals surface area contributed by atoms with Crippen molar-refractivity contribution in [2.45, 2.75) is 6.54 Å². The molecule has 0 aliphatic carbocycles. The molecule has 0 aliphatic heterocycles. The number of ether oxygens (including phenoxy) is 1. The summed E-state index contributed by atoms with van der Waals surface area (Å²) >= 11 is 0. The van der Waals surface area contributed by atoms with Gasteiger partial charge in [-0.25, -0.2) is 92.6 Å². The molecule has 0 fully saturated rings. The summed E-state index contributed by atoms with van der Waals surface area (Å²) in [6.45, 7) is -0.387. The first-order chi connectivity index (χ1) is 32.3. The van der Waals surface area contributed by atoms with Crippen molar-refractivity contribution < 1.29 is 107 Å². The largest absolute Gasteiger partial charge is 0.409 e. The minimum Gasteiger partial charge on any atom is -0.392 e. The third-order valence-electron chi connectivity index (χ3n) is 10.3. The van der Waals surface area contributed by atoms with E-state index < -0.39 is 162 Å². The molecule has 0 spiro atoms. The third-order valence-corrected chi connectivity index (χ3v) is 10.3. The van der Waals surface area contributed by atoms with Crippen LogP contribution in [0.15, 0.2) is 66.9 Å². The maximum absolute atomic E-state index is 15.4. The molecule has 6 nitrogen and oxygen atoms in total. The molecule has 0 saturated heterocycles. The number of esters is 1. The molecule has 0 N–H and O–H groups in total. The molecule has 1 heterocycles. The number of nitro groups is 1. The number of hydrogen-bond acceptors (Lipinski definition) is 4. The van der Waals surface area contributed by atoms with Gasteiger partial charge in [-0.05, 0) is 11.5 Å². The van der Waals surface area contributed by atoms with E-state index in [4.69, 9.17) is 4.74 Å². The minimum absolute atomic E-state index is 0.304. The number of benzene rings is 6. The van der Waals surface area contributed by atoms with Gasteiger partial charge in [0.15, 0.2) is 82.5 Å². The molecule has 7 aromatic rings. The number of halogens is 20. The standard InChI is InChI=1S/C24BF20.C18H15N2O4/c26-5-1(6(27)14(35)21(42)13(5)34)25(2-7(28)15(36)22(43)16(37)8(2)29,3-9(30)17(38)23(44)18(39)10(3)31)4-11(32)19(40)24(45)20(41)12(4)33;21-18(24-13-20(22)23)17-16-9-5-4-8-15(16)10-11-19(17)12-14-6-2-1-3-7-14/h;1-11H,12-13H2/q-1;+1. The van der Waals surface area contributed by atoms with Crippen molar-refractivity contribution in [3.8, 4) is 0 Å². The van der Waals surface area contributed by atoms with Crippen LogP contribution in [0.3, 0.4) is 0 Å². The van der Waals surface area contributed by atoms with Crippen molar-refractivity contribution in [1.82, 2.24) is 0 Å². The van der Waals surface area contributed by atoms with Gasteiger partial charge in [-0.15, -0.1) is 21.9 Å². The topological polar surface area (TPSA) is 73.3 Å². The Kier molecular flexibility index (Phi) is 14.0. The summed E-state index contributed by atoms with van der Waals surface area (Å²) in [6, 6.07) is 18.9. The fraction of sp³-hybridized carbons (Fsp3) is 0.0476. The highest BCUT2D eigenvalue weighted by Crippen LogP contribution is 2.31. The number of fused-ring (bicyclic) bond motifs is 1. The van der Waals surface area contributed by atoms with Crippen LogP contribution < -0.4 is 26.4 Å². The van der Waals surface area contributed by atoms with Crippen molar-refractivity contribution in [2.75, 3.05) is 6.73 Å². The van der Waals surface area contributed by atoms with Gasteiger partial charge in [-0.3, -0.25) is 10.1 Å². The molecule has 360 valence electrons. The molecular formula is C42H15BF20N2O4. The molecule has 0 bridgehead atoms. The van der Waals surface area contributed by atoms with Crippen molar-refractivity contribution in [3.63, 3.8) is 0 Å². The van der Waals surface area contributed by atoms with Crippen LogP contribution in [0, 0.1) is 126 Å². The molecule has 0 unspecified atom stereocenters. The van der Waals surface area contributed by atoms with Gasteiger partial charge in [0.05, 0.1) is 10.3 Å². The van der Waals surface area contributed by atoms with Crippen molar-refractivity contribution in [3.05, 3.63) is 205 Å². The second kappa shape index (κ2) is 19.1. The molecule has 27 heteroatoms. The number of pyridine rings is 1. The van der Waals surface area contributed by atoms with Gasteiger partial charge in [0.1, 0.15) is 52.7 Å². The summed E-state index contributed by atoms with van der Waals surface area (Å²) in [5, 5.41) is 12.1. The number of hydrogen-bond donors (Lipinski definition) is 0. The Labute approximate surface area is 369 Å². The van der Waals surface area contributed by atoms with E-state index >= 15 is 35.1 Å². The number of aromatic nitrogens is 1. The SMILES string of the molecule is Fc1c(F)c(F)c([B-](c2c(F)c(F)c(F)c(F)c2F)(c2c(F)c(F)c(F)c(F)c2F)c2c(F)c(F)c(F)c(F)c2F)c(F)c1F.O=C(OC[N+](=O)[O-])c1c2ccccc2cc[n+]1Cc1ccccc1. The lowest BCUT2D eigenvalue weighted by Gasteiger charge is -2.44. The lowest BCUT2D eigenvalue weighted by molar-refractivity contribution is -0.689. The molecule has 0 saturated carbocycles. The van der Waals surface area contributed by atoms with E-state index in [9.17, 15) is 67.6 Å². The van der Waals surface area contributed by atoms with Crippen molar-refractivity contribution in [2.24, 2.45) is 0 Å². The van der Waals surface area contributed by atoms with Crippen LogP contribution in [0.2, 0.25) is 0 Å². The molecule has 0 aliphatic rings. The summed E-state index contributed by atoms with van der Waals surface area (Å²) in [7, 11) is 0. The van der Waals surface area contributed by atoms with E-state index in [0.717, 1.165) is 10.9 Å². The van der Waals surface area contributed by atoms with Crippen LogP contribution in [-0.4, -0.2) is 23.8 Å². The second-order valence-corrected chi connectivity index (χ2v) is 14.1. The smallest absolute Gasteiger partial charge is 0.392 e. The van der Waals surface area contributed by atoms with E-state index in [1.807, 2.05) is 54.6 Å². The summed E-state index contributed by atoms with van der Waals surface area (Å²) in [6.07, 6.45) is -5.43. The second-order valence-electron chi connectivity index (χ2n) is 14.1. The maximum atomic E-state index is 15.4.